The molecule has 160 valence electrons. The van der Waals surface area contributed by atoms with Gasteiger partial charge in [-0.05, 0) is 66.2 Å². The predicted molar refractivity (Wildman–Crippen MR) is 135 cm³/mol. The number of allylic oxidation sites excluding steroid dienone is 1. The Bertz CT molecular complexity index is 1190. The second-order valence-electron chi connectivity index (χ2n) is 8.46. The standard InChI is InChI=1S/C27H23BCl2O2/c1-16-12-17(2)27(18(3)13-16)28-22-10-6-4-8-20(22)26(21-9-5-7-11-23(21)28)19(14-24(29)31)15-25(30)32/h4-13H,14-15H2,1-3H3. The highest BCUT2D eigenvalue weighted by atomic mass is 35.5. The number of benzene rings is 3. The summed E-state index contributed by atoms with van der Waals surface area (Å²) in [5.41, 5.74) is 10.9. The maximum atomic E-state index is 11.9. The molecule has 0 bridgehead atoms. The van der Waals surface area contributed by atoms with Gasteiger partial charge in [0.2, 0.25) is 17.2 Å². The van der Waals surface area contributed by atoms with Crippen LogP contribution in [0.2, 0.25) is 0 Å². The maximum absolute atomic E-state index is 11.9. The predicted octanol–water partition coefficient (Wildman–Crippen LogP) is 4.55. The SMILES string of the molecule is Cc1cc(C)c(B2c3ccccc3C(=C(CC(=O)Cl)CC(=O)Cl)c3ccccc32)c(C)c1. The third-order valence-corrected chi connectivity index (χ3v) is 6.43. The van der Waals surface area contributed by atoms with Gasteiger partial charge in [-0.3, -0.25) is 9.59 Å². The highest BCUT2D eigenvalue weighted by molar-refractivity contribution is 6.97. The van der Waals surface area contributed by atoms with E-state index in [4.69, 9.17) is 23.2 Å². The zero-order chi connectivity index (χ0) is 23.0. The number of fused-ring (bicyclic) bond motifs is 2. The molecule has 3 aromatic carbocycles. The Morgan fingerprint density at radius 1 is 0.750 bits per heavy atom. The number of carbonyl (C=O) groups excluding carboxylic acids is 2. The molecule has 0 fully saturated rings. The summed E-state index contributed by atoms with van der Waals surface area (Å²) in [5.74, 6) is 0. The van der Waals surface area contributed by atoms with Crippen LogP contribution in [-0.2, 0) is 9.59 Å². The summed E-state index contributed by atoms with van der Waals surface area (Å²) in [7, 11) is 0. The normalized spacial score (nSPS) is 12.3. The van der Waals surface area contributed by atoms with Crippen molar-refractivity contribution in [1.29, 1.82) is 0 Å². The molecule has 0 spiro atoms. The molecule has 5 heteroatoms. The van der Waals surface area contributed by atoms with E-state index in [1.165, 1.54) is 22.2 Å². The van der Waals surface area contributed by atoms with E-state index >= 15 is 0 Å². The third-order valence-electron chi connectivity index (χ3n) is 6.17. The molecule has 0 saturated carbocycles. The van der Waals surface area contributed by atoms with E-state index in [0.29, 0.717) is 5.57 Å². The Hall–Kier alpha value is -2.62. The Kier molecular flexibility index (Phi) is 6.41. The molecule has 0 aromatic heterocycles. The summed E-state index contributed by atoms with van der Waals surface area (Å²) < 4.78 is 0. The van der Waals surface area contributed by atoms with Crippen LogP contribution < -0.4 is 16.4 Å². The second-order valence-corrected chi connectivity index (χ2v) is 9.31. The lowest BCUT2D eigenvalue weighted by Crippen LogP contribution is -2.58. The van der Waals surface area contributed by atoms with Gasteiger partial charge in [0.15, 0.2) is 0 Å². The Labute approximate surface area is 199 Å². The quantitative estimate of drug-likeness (QED) is 0.323. The molecular weight excluding hydrogens is 438 g/mol. The van der Waals surface area contributed by atoms with Crippen molar-refractivity contribution >= 4 is 62.4 Å². The lowest BCUT2D eigenvalue weighted by atomic mass is 9.32. The maximum Gasteiger partial charge on any atom is 0.243 e. The first kappa shape index (κ1) is 22.6. The van der Waals surface area contributed by atoms with Crippen molar-refractivity contribution in [2.24, 2.45) is 0 Å². The van der Waals surface area contributed by atoms with Crippen molar-refractivity contribution in [2.75, 3.05) is 0 Å². The van der Waals surface area contributed by atoms with Crippen LogP contribution in [0.4, 0.5) is 0 Å². The van der Waals surface area contributed by atoms with E-state index in [0.717, 1.165) is 27.6 Å². The van der Waals surface area contributed by atoms with Crippen molar-refractivity contribution in [1.82, 2.24) is 0 Å². The molecule has 1 aliphatic heterocycles. The van der Waals surface area contributed by atoms with Gasteiger partial charge in [-0.2, -0.15) is 0 Å². The molecule has 3 aromatic rings. The number of halogens is 2. The number of aryl methyl sites for hydroxylation is 3. The molecule has 0 atom stereocenters. The molecule has 0 radical (unpaired) electrons. The molecule has 0 saturated heterocycles. The number of hydrogen-bond donors (Lipinski definition) is 0. The van der Waals surface area contributed by atoms with Crippen molar-refractivity contribution in [2.45, 2.75) is 33.6 Å². The first-order valence-corrected chi connectivity index (χ1v) is 11.4. The highest BCUT2D eigenvalue weighted by Gasteiger charge is 2.35. The fraction of sp³-hybridized carbons (Fsp3) is 0.185. The van der Waals surface area contributed by atoms with E-state index in [2.05, 4.69) is 57.2 Å². The number of carbonyl (C=O) groups is 2. The fourth-order valence-corrected chi connectivity index (χ4v) is 5.50. The molecule has 1 heterocycles. The summed E-state index contributed by atoms with van der Waals surface area (Å²) in [6.45, 7) is 6.49. The van der Waals surface area contributed by atoms with Gasteiger partial charge < -0.3 is 0 Å². The first-order valence-electron chi connectivity index (χ1n) is 10.6. The zero-order valence-corrected chi connectivity index (χ0v) is 19.8. The summed E-state index contributed by atoms with van der Waals surface area (Å²) in [6.07, 6.45) is -0.0451. The average molecular weight is 461 g/mol. The Balaban J connectivity index is 2.08. The van der Waals surface area contributed by atoms with Crippen molar-refractivity contribution < 1.29 is 9.59 Å². The average Bonchev–Trinajstić information content (AvgIpc) is 2.71. The van der Waals surface area contributed by atoms with Gasteiger partial charge in [-0.25, -0.2) is 0 Å². The van der Waals surface area contributed by atoms with Gasteiger partial charge in [0, 0.05) is 12.8 Å². The molecule has 0 unspecified atom stereocenters. The van der Waals surface area contributed by atoms with Crippen LogP contribution in [0.1, 0.15) is 40.7 Å². The van der Waals surface area contributed by atoms with Gasteiger partial charge in [-0.1, -0.05) is 93.7 Å². The van der Waals surface area contributed by atoms with Gasteiger partial charge >= 0.3 is 0 Å². The topological polar surface area (TPSA) is 34.1 Å². The monoisotopic (exact) mass is 460 g/mol. The van der Waals surface area contributed by atoms with Crippen LogP contribution >= 0.6 is 23.2 Å². The Morgan fingerprint density at radius 2 is 1.19 bits per heavy atom. The van der Waals surface area contributed by atoms with E-state index in [9.17, 15) is 9.59 Å². The highest BCUT2D eigenvalue weighted by Crippen LogP contribution is 2.33. The molecule has 4 rings (SSSR count). The molecule has 0 N–H and O–H groups in total. The molecule has 2 nitrogen and oxygen atoms in total. The van der Waals surface area contributed by atoms with E-state index < -0.39 is 10.5 Å². The minimum absolute atomic E-state index is 0.0225. The van der Waals surface area contributed by atoms with E-state index in [1.807, 2.05) is 24.3 Å². The minimum atomic E-state index is -0.507. The summed E-state index contributed by atoms with van der Waals surface area (Å²) in [4.78, 5) is 23.8. The van der Waals surface area contributed by atoms with Crippen LogP contribution in [0.15, 0.2) is 66.2 Å². The van der Waals surface area contributed by atoms with Gasteiger partial charge in [-0.15, -0.1) is 0 Å². The summed E-state index contributed by atoms with van der Waals surface area (Å²) >= 11 is 11.6. The Morgan fingerprint density at radius 3 is 1.62 bits per heavy atom. The lowest BCUT2D eigenvalue weighted by molar-refractivity contribution is -0.111. The van der Waals surface area contributed by atoms with E-state index in [1.54, 1.807) is 0 Å². The van der Waals surface area contributed by atoms with E-state index in [-0.39, 0.29) is 19.6 Å². The summed E-state index contributed by atoms with van der Waals surface area (Å²) in [6, 6.07) is 20.9. The van der Waals surface area contributed by atoms with Gasteiger partial charge in [0.05, 0.1) is 0 Å². The number of rotatable bonds is 5. The van der Waals surface area contributed by atoms with Gasteiger partial charge in [0.1, 0.15) is 0 Å². The largest absolute Gasteiger partial charge is 0.281 e. The van der Waals surface area contributed by atoms with Crippen LogP contribution in [0.5, 0.6) is 0 Å². The summed E-state index contributed by atoms with van der Waals surface area (Å²) in [5, 5.41) is -1.01. The van der Waals surface area contributed by atoms with Crippen LogP contribution in [-0.4, -0.2) is 17.2 Å². The number of hydrogen-bond acceptors (Lipinski definition) is 2. The van der Waals surface area contributed by atoms with Crippen LogP contribution in [0, 0.1) is 20.8 Å². The van der Waals surface area contributed by atoms with Crippen molar-refractivity contribution in [3.63, 3.8) is 0 Å². The molecular formula is C27H23BCl2O2. The van der Waals surface area contributed by atoms with Crippen molar-refractivity contribution in [3.8, 4) is 0 Å². The zero-order valence-electron chi connectivity index (χ0n) is 18.3. The lowest BCUT2D eigenvalue weighted by Gasteiger charge is -2.32. The third kappa shape index (κ3) is 4.20. The minimum Gasteiger partial charge on any atom is -0.281 e. The molecule has 0 amide bonds. The second kappa shape index (κ2) is 9.09. The molecule has 0 aliphatic carbocycles. The van der Waals surface area contributed by atoms with Crippen molar-refractivity contribution in [3.05, 3.63) is 94.1 Å². The smallest absolute Gasteiger partial charge is 0.243 e. The fourth-order valence-electron chi connectivity index (χ4n) is 5.18. The van der Waals surface area contributed by atoms with Crippen LogP contribution in [0.25, 0.3) is 5.57 Å². The first-order chi connectivity index (χ1) is 15.3. The van der Waals surface area contributed by atoms with Gasteiger partial charge in [0.25, 0.3) is 0 Å². The molecule has 32 heavy (non-hydrogen) atoms. The molecule has 1 aliphatic rings. The van der Waals surface area contributed by atoms with Crippen LogP contribution in [0.3, 0.4) is 0 Å².